The monoisotopic (exact) mass is 515 g/mol. The number of hydrogen-bond acceptors (Lipinski definition) is 7. The molecule has 0 bridgehead atoms. The summed E-state index contributed by atoms with van der Waals surface area (Å²) in [7, 11) is 1.57. The van der Waals surface area contributed by atoms with Crippen molar-refractivity contribution in [2.75, 3.05) is 27.1 Å². The van der Waals surface area contributed by atoms with Gasteiger partial charge in [0.1, 0.15) is 12.7 Å². The van der Waals surface area contributed by atoms with Crippen LogP contribution in [0.15, 0.2) is 65.1 Å². The topological polar surface area (TPSA) is 89.4 Å². The van der Waals surface area contributed by atoms with Crippen molar-refractivity contribution >= 4 is 15.9 Å². The lowest BCUT2D eigenvalue weighted by molar-refractivity contribution is 0.105. The summed E-state index contributed by atoms with van der Waals surface area (Å²) >= 11 is 3.54. The van der Waals surface area contributed by atoms with Crippen LogP contribution < -0.4 is 24.3 Å². The summed E-state index contributed by atoms with van der Waals surface area (Å²) in [6.07, 6.45) is -1.44. The van der Waals surface area contributed by atoms with Gasteiger partial charge in [0.15, 0.2) is 23.0 Å². The maximum atomic E-state index is 10.6. The Morgan fingerprint density at radius 3 is 2.55 bits per heavy atom. The van der Waals surface area contributed by atoms with Crippen molar-refractivity contribution in [3.05, 3.63) is 81.8 Å². The van der Waals surface area contributed by atoms with E-state index in [0.29, 0.717) is 46.1 Å². The zero-order valence-corrected chi connectivity index (χ0v) is 19.7. The third-order valence-electron chi connectivity index (χ3n) is 5.31. The fraction of sp³-hybridized carbons (Fsp3) is 0.280. The van der Waals surface area contributed by atoms with Gasteiger partial charge in [0, 0.05) is 13.1 Å². The Morgan fingerprint density at radius 1 is 0.970 bits per heavy atom. The predicted molar refractivity (Wildman–Crippen MR) is 127 cm³/mol. The van der Waals surface area contributed by atoms with E-state index in [1.54, 1.807) is 25.3 Å². The first-order chi connectivity index (χ1) is 16.0. The highest BCUT2D eigenvalue weighted by Gasteiger charge is 2.19. The maximum absolute atomic E-state index is 10.6. The minimum absolute atomic E-state index is 0.0372. The number of rotatable bonds is 10. The van der Waals surface area contributed by atoms with Crippen molar-refractivity contribution < 1.29 is 29.2 Å². The van der Waals surface area contributed by atoms with Gasteiger partial charge in [0.05, 0.1) is 17.7 Å². The molecule has 3 N–H and O–H groups in total. The number of hydrogen-bond donors (Lipinski definition) is 3. The molecule has 33 heavy (non-hydrogen) atoms. The van der Waals surface area contributed by atoms with Crippen molar-refractivity contribution in [3.8, 4) is 23.0 Å². The van der Waals surface area contributed by atoms with Crippen molar-refractivity contribution in [3.63, 3.8) is 0 Å². The molecular weight excluding hydrogens is 490 g/mol. The van der Waals surface area contributed by atoms with Gasteiger partial charge in [-0.05, 0) is 56.9 Å². The predicted octanol–water partition coefficient (Wildman–Crippen LogP) is 4.12. The molecule has 1 aliphatic rings. The molecule has 0 radical (unpaired) electrons. The molecule has 0 saturated heterocycles. The number of halogens is 1. The molecule has 174 valence electrons. The van der Waals surface area contributed by atoms with Crippen LogP contribution in [0.25, 0.3) is 0 Å². The Hall–Kier alpha value is -2.78. The van der Waals surface area contributed by atoms with Gasteiger partial charge in [-0.2, -0.15) is 0 Å². The van der Waals surface area contributed by atoms with Gasteiger partial charge in [0.25, 0.3) is 0 Å². The Kier molecular flexibility index (Phi) is 7.72. The van der Waals surface area contributed by atoms with E-state index in [0.717, 1.165) is 11.1 Å². The second-order valence-corrected chi connectivity index (χ2v) is 8.46. The van der Waals surface area contributed by atoms with E-state index in [2.05, 4.69) is 21.2 Å². The largest absolute Gasteiger partial charge is 0.493 e. The van der Waals surface area contributed by atoms with Crippen molar-refractivity contribution in [2.24, 2.45) is 0 Å². The van der Waals surface area contributed by atoms with Gasteiger partial charge in [-0.15, -0.1) is 0 Å². The van der Waals surface area contributed by atoms with Crippen molar-refractivity contribution in [1.82, 2.24) is 5.32 Å². The lowest BCUT2D eigenvalue weighted by atomic mass is 10.1. The van der Waals surface area contributed by atoms with E-state index < -0.39 is 12.2 Å². The quantitative estimate of drug-likeness (QED) is 0.374. The molecule has 2 atom stereocenters. The van der Waals surface area contributed by atoms with Gasteiger partial charge in [-0.1, -0.05) is 36.4 Å². The van der Waals surface area contributed by atoms with Gasteiger partial charge in [-0.3, -0.25) is 0 Å². The average Bonchev–Trinajstić information content (AvgIpc) is 3.31. The molecule has 1 heterocycles. The molecular formula is C25H26BrNO6. The molecule has 0 saturated carbocycles. The first-order valence-electron chi connectivity index (χ1n) is 10.6. The number of fused-ring (bicyclic) bond motifs is 1. The zero-order valence-electron chi connectivity index (χ0n) is 18.2. The molecule has 4 rings (SSSR count). The molecule has 0 aromatic heterocycles. The summed E-state index contributed by atoms with van der Waals surface area (Å²) in [4.78, 5) is 0. The number of aliphatic hydroxyl groups is 2. The third-order valence-corrected chi connectivity index (χ3v) is 5.90. The van der Waals surface area contributed by atoms with Crippen LogP contribution in [-0.4, -0.2) is 37.3 Å². The summed E-state index contributed by atoms with van der Waals surface area (Å²) in [5, 5.41) is 24.1. The van der Waals surface area contributed by atoms with E-state index in [1.807, 2.05) is 42.5 Å². The fourth-order valence-electron chi connectivity index (χ4n) is 3.54. The highest BCUT2D eigenvalue weighted by Crippen LogP contribution is 2.38. The molecule has 3 aromatic rings. The van der Waals surface area contributed by atoms with E-state index in [-0.39, 0.29) is 13.4 Å². The normalized spacial score (nSPS) is 14.1. The maximum Gasteiger partial charge on any atom is 0.231 e. The molecule has 0 amide bonds. The summed E-state index contributed by atoms with van der Waals surface area (Å²) < 4.78 is 22.8. The SMILES string of the molecule is COc1cc(CNCC(O)c2ccccc2)cc(Br)c1OCC(O)c1ccc2c(c1)OCO2. The number of aliphatic hydroxyl groups excluding tert-OH is 2. The van der Waals surface area contributed by atoms with Crippen LogP contribution in [0.5, 0.6) is 23.0 Å². The number of methoxy groups -OCH3 is 1. The number of ether oxygens (including phenoxy) is 4. The van der Waals surface area contributed by atoms with E-state index in [9.17, 15) is 10.2 Å². The molecule has 2 unspecified atom stereocenters. The summed E-state index contributed by atoms with van der Waals surface area (Å²) in [5.41, 5.74) is 2.50. The smallest absolute Gasteiger partial charge is 0.231 e. The van der Waals surface area contributed by atoms with Crippen molar-refractivity contribution in [1.29, 1.82) is 0 Å². The number of benzene rings is 3. The lowest BCUT2D eigenvalue weighted by Gasteiger charge is -2.18. The Labute approximate surface area is 201 Å². The molecule has 8 heteroatoms. The third kappa shape index (κ3) is 5.78. The second-order valence-electron chi connectivity index (χ2n) is 7.61. The van der Waals surface area contributed by atoms with Gasteiger partial charge in [-0.25, -0.2) is 0 Å². The Balaban J connectivity index is 1.36. The van der Waals surface area contributed by atoms with Crippen LogP contribution >= 0.6 is 15.9 Å². The molecule has 0 aliphatic carbocycles. The van der Waals surface area contributed by atoms with E-state index in [4.69, 9.17) is 18.9 Å². The van der Waals surface area contributed by atoms with Gasteiger partial charge in [0.2, 0.25) is 6.79 Å². The highest BCUT2D eigenvalue weighted by molar-refractivity contribution is 9.10. The summed E-state index contributed by atoms with van der Waals surface area (Å²) in [6, 6.07) is 18.6. The van der Waals surface area contributed by atoms with Crippen LogP contribution in [0.4, 0.5) is 0 Å². The minimum Gasteiger partial charge on any atom is -0.493 e. The summed E-state index contributed by atoms with van der Waals surface area (Å²) in [5.74, 6) is 2.32. The molecule has 3 aromatic carbocycles. The summed E-state index contributed by atoms with van der Waals surface area (Å²) in [6.45, 7) is 1.18. The first kappa shape index (κ1) is 23.4. The highest BCUT2D eigenvalue weighted by atomic mass is 79.9. The minimum atomic E-state index is -0.850. The Bertz CT molecular complexity index is 1080. The van der Waals surface area contributed by atoms with Crippen LogP contribution in [0.2, 0.25) is 0 Å². The fourth-order valence-corrected chi connectivity index (χ4v) is 4.14. The Morgan fingerprint density at radius 2 is 1.76 bits per heavy atom. The standard InChI is InChI=1S/C25H26BrNO6/c1-30-24-10-16(12-27-13-20(28)17-5-3-2-4-6-17)9-19(26)25(24)31-14-21(29)18-7-8-22-23(11-18)33-15-32-22/h2-11,20-21,27-29H,12-15H2,1H3. The molecule has 1 aliphatic heterocycles. The molecule has 7 nitrogen and oxygen atoms in total. The zero-order chi connectivity index (χ0) is 23.2. The first-order valence-corrected chi connectivity index (χ1v) is 11.3. The van der Waals surface area contributed by atoms with Crippen molar-refractivity contribution in [2.45, 2.75) is 18.8 Å². The van der Waals surface area contributed by atoms with Crippen LogP contribution in [0, 0.1) is 0 Å². The average molecular weight is 516 g/mol. The van der Waals surface area contributed by atoms with Crippen LogP contribution in [-0.2, 0) is 6.54 Å². The molecule has 0 fully saturated rings. The van der Waals surface area contributed by atoms with E-state index in [1.165, 1.54) is 0 Å². The number of nitrogens with one attached hydrogen (secondary N) is 1. The molecule has 0 spiro atoms. The van der Waals surface area contributed by atoms with Gasteiger partial charge < -0.3 is 34.5 Å². The van der Waals surface area contributed by atoms with Gasteiger partial charge >= 0.3 is 0 Å². The van der Waals surface area contributed by atoms with E-state index >= 15 is 0 Å². The lowest BCUT2D eigenvalue weighted by Crippen LogP contribution is -2.21. The van der Waals surface area contributed by atoms with Crippen LogP contribution in [0.3, 0.4) is 0 Å². The van der Waals surface area contributed by atoms with Crippen LogP contribution in [0.1, 0.15) is 28.9 Å². The second kappa shape index (κ2) is 10.9.